The van der Waals surface area contributed by atoms with E-state index in [1.54, 1.807) is 0 Å². The average Bonchev–Trinajstić information content (AvgIpc) is 2.79. The predicted octanol–water partition coefficient (Wildman–Crippen LogP) is 1.91. The van der Waals surface area contributed by atoms with Gasteiger partial charge >= 0.3 is 0 Å². The Kier molecular flexibility index (Phi) is 3.20. The van der Waals surface area contributed by atoms with Crippen molar-refractivity contribution in [3.8, 4) is 0 Å². The summed E-state index contributed by atoms with van der Waals surface area (Å²) in [7, 11) is 0.0748. The number of aliphatic hydroxyl groups excluding tert-OH is 1. The van der Waals surface area contributed by atoms with Gasteiger partial charge in [-0.05, 0) is 45.9 Å². The zero-order chi connectivity index (χ0) is 10.1. The minimum atomic E-state index is 0.0748. The van der Waals surface area contributed by atoms with E-state index < -0.39 is 0 Å². The van der Waals surface area contributed by atoms with Gasteiger partial charge in [0.15, 0.2) is 0 Å². The Labute approximate surface area is 83.8 Å². The molecule has 1 unspecified atom stereocenters. The Balaban J connectivity index is 2.65. The summed E-state index contributed by atoms with van der Waals surface area (Å²) in [6, 6.07) is 0. The molecule has 0 aliphatic heterocycles. The molecule has 0 aromatic heterocycles. The Morgan fingerprint density at radius 3 is 2.23 bits per heavy atom. The van der Waals surface area contributed by atoms with Crippen molar-refractivity contribution >= 4 is 16.0 Å². The third kappa shape index (κ3) is 2.79. The molecule has 0 radical (unpaired) electrons. The zero-order valence-corrected chi connectivity index (χ0v) is 9.87. The molecular formula is C10H21NOS. The van der Waals surface area contributed by atoms with Gasteiger partial charge in [0, 0.05) is 10.3 Å². The minimum absolute atomic E-state index is 0.0748. The normalized spacial score (nSPS) is 23.2. The van der Waals surface area contributed by atoms with Crippen molar-refractivity contribution in [2.75, 3.05) is 6.61 Å². The van der Waals surface area contributed by atoms with Gasteiger partial charge in [0.25, 0.3) is 0 Å². The van der Waals surface area contributed by atoms with Crippen LogP contribution in [0.3, 0.4) is 0 Å². The van der Waals surface area contributed by atoms with Crippen LogP contribution in [-0.4, -0.2) is 27.4 Å². The molecule has 13 heavy (non-hydrogen) atoms. The standard InChI is InChI=1S/C10H21NOS/c1-5-13(11-9(2,3)4)10(8-12)6-7-10/h5,11-12H,6-8H2,1-4H3. The summed E-state index contributed by atoms with van der Waals surface area (Å²) in [5, 5.41) is 11.5. The lowest BCUT2D eigenvalue weighted by Crippen LogP contribution is -2.35. The molecule has 1 atom stereocenters. The number of hydrogen-bond donors (Lipinski definition) is 2. The van der Waals surface area contributed by atoms with Crippen LogP contribution in [0, 0.1) is 0 Å². The SMILES string of the molecule is C/C=S(/NC(C)(C)C)C1(CO)CC1. The van der Waals surface area contributed by atoms with Gasteiger partial charge in [0.05, 0.1) is 6.61 Å². The molecule has 0 aromatic rings. The molecule has 0 saturated heterocycles. The fraction of sp³-hybridized carbons (Fsp3) is 0.900. The van der Waals surface area contributed by atoms with Crippen LogP contribution in [0.4, 0.5) is 0 Å². The lowest BCUT2D eigenvalue weighted by molar-refractivity contribution is 0.287. The fourth-order valence-electron chi connectivity index (χ4n) is 1.33. The summed E-state index contributed by atoms with van der Waals surface area (Å²) in [4.78, 5) is 0. The largest absolute Gasteiger partial charge is 0.395 e. The van der Waals surface area contributed by atoms with E-state index in [1.807, 2.05) is 0 Å². The average molecular weight is 203 g/mol. The Morgan fingerprint density at radius 1 is 1.46 bits per heavy atom. The van der Waals surface area contributed by atoms with Crippen LogP contribution >= 0.6 is 10.7 Å². The van der Waals surface area contributed by atoms with Gasteiger partial charge in [-0.25, -0.2) is 0 Å². The lowest BCUT2D eigenvalue weighted by atomic mass is 10.1. The smallest absolute Gasteiger partial charge is 0.0585 e. The van der Waals surface area contributed by atoms with E-state index in [1.165, 1.54) is 12.8 Å². The van der Waals surface area contributed by atoms with Gasteiger partial charge in [-0.2, -0.15) is 0 Å². The molecule has 1 aliphatic carbocycles. The first-order valence-electron chi connectivity index (χ1n) is 4.85. The lowest BCUT2D eigenvalue weighted by Gasteiger charge is -2.28. The molecule has 1 fully saturated rings. The van der Waals surface area contributed by atoms with Crippen LogP contribution in [0.1, 0.15) is 40.5 Å². The van der Waals surface area contributed by atoms with E-state index in [4.69, 9.17) is 0 Å². The summed E-state index contributed by atoms with van der Waals surface area (Å²) in [5.41, 5.74) is 0.139. The molecule has 0 amide bonds. The third-order valence-corrected chi connectivity index (χ3v) is 4.99. The van der Waals surface area contributed by atoms with Crippen molar-refractivity contribution in [1.82, 2.24) is 4.72 Å². The molecule has 78 valence electrons. The summed E-state index contributed by atoms with van der Waals surface area (Å²) >= 11 is 0. The van der Waals surface area contributed by atoms with Gasteiger partial charge in [0.2, 0.25) is 0 Å². The van der Waals surface area contributed by atoms with Gasteiger partial charge < -0.3 is 5.11 Å². The molecule has 3 heteroatoms. The van der Waals surface area contributed by atoms with Crippen LogP contribution < -0.4 is 4.72 Å². The van der Waals surface area contributed by atoms with Gasteiger partial charge in [-0.15, -0.1) is 10.7 Å². The van der Waals surface area contributed by atoms with Crippen LogP contribution in [-0.2, 0) is 0 Å². The molecule has 0 bridgehead atoms. The Hall–Kier alpha value is 0.140. The predicted molar refractivity (Wildman–Crippen MR) is 61.3 cm³/mol. The third-order valence-electron chi connectivity index (χ3n) is 2.21. The first kappa shape index (κ1) is 11.2. The first-order chi connectivity index (χ1) is 5.93. The van der Waals surface area contributed by atoms with Gasteiger partial charge in [-0.1, -0.05) is 0 Å². The molecule has 1 aliphatic rings. The van der Waals surface area contributed by atoms with Crippen LogP contribution in [0.15, 0.2) is 0 Å². The second-order valence-corrected chi connectivity index (χ2v) is 6.98. The minimum Gasteiger partial charge on any atom is -0.395 e. The highest BCUT2D eigenvalue weighted by Gasteiger charge is 2.45. The second-order valence-electron chi connectivity index (χ2n) is 4.77. The van der Waals surface area contributed by atoms with Crippen molar-refractivity contribution < 1.29 is 5.11 Å². The summed E-state index contributed by atoms with van der Waals surface area (Å²) < 4.78 is 3.75. The molecule has 1 rings (SSSR count). The molecule has 1 saturated carbocycles. The fourth-order valence-corrected chi connectivity index (χ4v) is 3.51. The van der Waals surface area contributed by atoms with Crippen LogP contribution in [0.2, 0.25) is 0 Å². The molecule has 0 heterocycles. The maximum Gasteiger partial charge on any atom is 0.0585 e. The summed E-state index contributed by atoms with van der Waals surface area (Å²) in [5.74, 6) is 0. The zero-order valence-electron chi connectivity index (χ0n) is 9.05. The van der Waals surface area contributed by atoms with Crippen molar-refractivity contribution in [2.24, 2.45) is 0 Å². The summed E-state index contributed by atoms with van der Waals surface area (Å²) in [6.45, 7) is 8.92. The first-order valence-corrected chi connectivity index (χ1v) is 6.14. The van der Waals surface area contributed by atoms with E-state index >= 15 is 0 Å². The topological polar surface area (TPSA) is 32.3 Å². The van der Waals surface area contributed by atoms with Crippen LogP contribution in [0.25, 0.3) is 0 Å². The highest BCUT2D eigenvalue weighted by atomic mass is 32.2. The number of hydrogen-bond acceptors (Lipinski definition) is 2. The van der Waals surface area contributed by atoms with Gasteiger partial charge in [0.1, 0.15) is 0 Å². The molecule has 0 aromatic carbocycles. The molecule has 0 spiro atoms. The Morgan fingerprint density at radius 2 is 2.00 bits per heavy atom. The Bertz CT molecular complexity index is 213. The van der Waals surface area contributed by atoms with E-state index in [9.17, 15) is 5.11 Å². The quantitative estimate of drug-likeness (QED) is 0.687. The van der Waals surface area contributed by atoms with E-state index in [0.29, 0.717) is 6.61 Å². The second kappa shape index (κ2) is 3.71. The monoisotopic (exact) mass is 203 g/mol. The molecular weight excluding hydrogens is 182 g/mol. The number of nitrogens with one attached hydrogen (secondary N) is 1. The molecule has 2 N–H and O–H groups in total. The highest BCUT2D eigenvalue weighted by molar-refractivity contribution is 8.14. The van der Waals surface area contributed by atoms with E-state index in [2.05, 4.69) is 37.8 Å². The maximum atomic E-state index is 9.30. The highest BCUT2D eigenvalue weighted by Crippen LogP contribution is 2.51. The molecule has 2 nitrogen and oxygen atoms in total. The van der Waals surface area contributed by atoms with Crippen molar-refractivity contribution in [3.63, 3.8) is 0 Å². The van der Waals surface area contributed by atoms with E-state index in [-0.39, 0.29) is 21.0 Å². The van der Waals surface area contributed by atoms with Crippen molar-refractivity contribution in [2.45, 2.75) is 50.8 Å². The number of aliphatic hydroxyl groups is 1. The van der Waals surface area contributed by atoms with Gasteiger partial charge in [-0.3, -0.25) is 4.72 Å². The van der Waals surface area contributed by atoms with Crippen molar-refractivity contribution in [3.05, 3.63) is 0 Å². The maximum absolute atomic E-state index is 9.30. The summed E-state index contributed by atoms with van der Waals surface area (Å²) in [6.07, 6.45) is 2.33. The van der Waals surface area contributed by atoms with E-state index in [0.717, 1.165) is 0 Å². The van der Waals surface area contributed by atoms with Crippen molar-refractivity contribution in [1.29, 1.82) is 0 Å². The number of rotatable bonds is 3. The van der Waals surface area contributed by atoms with Crippen LogP contribution in [0.5, 0.6) is 0 Å².